The molecular weight excluding hydrogens is 378 g/mol. The second-order valence-corrected chi connectivity index (χ2v) is 8.19. The Hall–Kier alpha value is -2.86. The fourth-order valence-electron chi connectivity index (χ4n) is 4.53. The van der Waals surface area contributed by atoms with Crippen molar-refractivity contribution in [2.75, 3.05) is 33.8 Å². The molecule has 2 aliphatic rings. The van der Waals surface area contributed by atoms with Crippen molar-refractivity contribution >= 4 is 11.9 Å². The van der Waals surface area contributed by atoms with E-state index in [2.05, 4.69) is 29.2 Å². The highest BCUT2D eigenvalue weighted by atomic mass is 16.5. The van der Waals surface area contributed by atoms with Crippen molar-refractivity contribution in [2.45, 2.75) is 31.3 Å². The maximum atomic E-state index is 13.3. The molecule has 2 aliphatic heterocycles. The number of benzene rings is 2. The van der Waals surface area contributed by atoms with Gasteiger partial charge in [-0.3, -0.25) is 9.69 Å². The van der Waals surface area contributed by atoms with Crippen molar-refractivity contribution in [2.24, 2.45) is 0 Å². The summed E-state index contributed by atoms with van der Waals surface area (Å²) in [5.41, 5.74) is 1.54. The average Bonchev–Trinajstić information content (AvgIpc) is 2.96. The minimum Gasteiger partial charge on any atom is -0.497 e. The molecule has 2 aromatic carbocycles. The van der Waals surface area contributed by atoms with Crippen molar-refractivity contribution in [1.29, 1.82) is 0 Å². The number of carbonyl (C=O) groups excluding carboxylic acids is 2. The summed E-state index contributed by atoms with van der Waals surface area (Å²) in [4.78, 5) is 31.7. The molecule has 2 heterocycles. The molecule has 3 amide bonds. The van der Waals surface area contributed by atoms with Crippen LogP contribution in [0.3, 0.4) is 0 Å². The number of rotatable bonds is 6. The first kappa shape index (κ1) is 20.4. The lowest BCUT2D eigenvalue weighted by atomic mass is 9.86. The molecule has 1 spiro atoms. The molecule has 158 valence electrons. The zero-order valence-electron chi connectivity index (χ0n) is 17.7. The number of amides is 3. The van der Waals surface area contributed by atoms with E-state index in [4.69, 9.17) is 4.74 Å². The van der Waals surface area contributed by atoms with Gasteiger partial charge in [0.05, 0.1) is 13.7 Å². The highest BCUT2D eigenvalue weighted by molar-refractivity contribution is 6.06. The molecule has 0 saturated carbocycles. The van der Waals surface area contributed by atoms with Crippen molar-refractivity contribution in [3.05, 3.63) is 65.7 Å². The van der Waals surface area contributed by atoms with Crippen molar-refractivity contribution in [3.63, 3.8) is 0 Å². The van der Waals surface area contributed by atoms with Gasteiger partial charge >= 0.3 is 6.03 Å². The molecule has 2 saturated heterocycles. The number of ether oxygens (including phenoxy) is 1. The van der Waals surface area contributed by atoms with Gasteiger partial charge in [0.25, 0.3) is 5.91 Å². The predicted octanol–water partition coefficient (Wildman–Crippen LogP) is 3.17. The van der Waals surface area contributed by atoms with Crippen molar-refractivity contribution < 1.29 is 14.3 Å². The van der Waals surface area contributed by atoms with Crippen LogP contribution in [0, 0.1) is 0 Å². The highest BCUT2D eigenvalue weighted by Gasteiger charge is 2.56. The number of imide groups is 1. The molecular formula is C24H29N3O3. The van der Waals surface area contributed by atoms with Crippen LogP contribution >= 0.6 is 0 Å². The Balaban J connectivity index is 1.39. The number of likely N-dealkylation sites (N-methyl/N-ethyl adjacent to an activating group) is 1. The Labute approximate surface area is 178 Å². The molecule has 4 rings (SSSR count). The first-order valence-corrected chi connectivity index (χ1v) is 10.5. The van der Waals surface area contributed by atoms with Crippen LogP contribution in [0.5, 0.6) is 5.75 Å². The van der Waals surface area contributed by atoms with Gasteiger partial charge in [0.15, 0.2) is 0 Å². The smallest absolute Gasteiger partial charge is 0.327 e. The van der Waals surface area contributed by atoms with E-state index in [1.165, 1.54) is 10.5 Å². The third kappa shape index (κ3) is 3.79. The summed E-state index contributed by atoms with van der Waals surface area (Å²) in [6.07, 6.45) is 2.37. The van der Waals surface area contributed by atoms with Gasteiger partial charge in [0, 0.05) is 26.7 Å². The Morgan fingerprint density at radius 2 is 1.60 bits per heavy atom. The molecule has 0 aromatic heterocycles. The van der Waals surface area contributed by atoms with E-state index in [1.54, 1.807) is 19.1 Å². The molecule has 0 bridgehead atoms. The van der Waals surface area contributed by atoms with Crippen molar-refractivity contribution in [1.82, 2.24) is 14.7 Å². The molecule has 6 nitrogen and oxygen atoms in total. The molecule has 2 aromatic rings. The Morgan fingerprint density at radius 1 is 0.933 bits per heavy atom. The highest BCUT2D eigenvalue weighted by Crippen LogP contribution is 2.37. The maximum Gasteiger partial charge on any atom is 0.327 e. The van der Waals surface area contributed by atoms with Crippen molar-refractivity contribution in [3.8, 4) is 5.75 Å². The summed E-state index contributed by atoms with van der Waals surface area (Å²) in [5, 5.41) is 0. The lowest BCUT2D eigenvalue weighted by Crippen LogP contribution is -2.55. The normalized spacial score (nSPS) is 19.0. The molecule has 2 fully saturated rings. The van der Waals surface area contributed by atoms with Crippen LogP contribution < -0.4 is 4.74 Å². The first-order chi connectivity index (χ1) is 14.5. The number of nitrogens with zero attached hydrogens (tertiary/aromatic N) is 3. The van der Waals surface area contributed by atoms with Gasteiger partial charge in [0.1, 0.15) is 11.3 Å². The molecule has 30 heavy (non-hydrogen) atoms. The number of urea groups is 1. The van der Waals surface area contributed by atoms with E-state index in [0.29, 0.717) is 19.4 Å². The van der Waals surface area contributed by atoms with Gasteiger partial charge in [-0.2, -0.15) is 0 Å². The molecule has 6 heteroatoms. The number of carbonyl (C=O) groups is 2. The Bertz CT molecular complexity index is 890. The number of likely N-dealkylation sites (tertiary alicyclic amines) is 1. The van der Waals surface area contributed by atoms with Crippen LogP contribution in [0.15, 0.2) is 54.6 Å². The van der Waals surface area contributed by atoms with E-state index < -0.39 is 5.54 Å². The number of methoxy groups -OCH3 is 1. The van der Waals surface area contributed by atoms with Crippen LogP contribution in [0.4, 0.5) is 4.79 Å². The zero-order chi connectivity index (χ0) is 21.1. The van der Waals surface area contributed by atoms with Gasteiger partial charge < -0.3 is 14.5 Å². The summed E-state index contributed by atoms with van der Waals surface area (Å²) < 4.78 is 5.19. The molecule has 0 radical (unpaired) electrons. The van der Waals surface area contributed by atoms with E-state index in [-0.39, 0.29) is 11.9 Å². The summed E-state index contributed by atoms with van der Waals surface area (Å²) in [6.45, 7) is 2.92. The summed E-state index contributed by atoms with van der Waals surface area (Å²) in [5.74, 6) is 0.697. The van der Waals surface area contributed by atoms with E-state index in [0.717, 1.165) is 37.4 Å². The van der Waals surface area contributed by atoms with Gasteiger partial charge in [0.2, 0.25) is 0 Å². The summed E-state index contributed by atoms with van der Waals surface area (Å²) >= 11 is 0. The number of piperidine rings is 1. The van der Waals surface area contributed by atoms with E-state index >= 15 is 0 Å². The number of hydrogen-bond donors (Lipinski definition) is 0. The maximum absolute atomic E-state index is 13.3. The minimum absolute atomic E-state index is 0.0615. The Kier molecular flexibility index (Phi) is 5.77. The third-order valence-corrected chi connectivity index (χ3v) is 6.55. The second-order valence-electron chi connectivity index (χ2n) is 8.19. The van der Waals surface area contributed by atoms with Crippen LogP contribution in [-0.2, 0) is 17.8 Å². The number of hydrogen-bond acceptors (Lipinski definition) is 4. The SMILES string of the molecule is COc1ccc(CN2C(=O)N(C)C3(CCN(CCc4ccccc4)CC3)C2=O)cc1. The third-order valence-electron chi connectivity index (χ3n) is 6.55. The van der Waals surface area contributed by atoms with Crippen LogP contribution in [0.2, 0.25) is 0 Å². The van der Waals surface area contributed by atoms with E-state index in [9.17, 15) is 9.59 Å². The second kappa shape index (κ2) is 8.48. The van der Waals surface area contributed by atoms with Crippen LogP contribution in [0.1, 0.15) is 24.0 Å². The summed E-state index contributed by atoms with van der Waals surface area (Å²) in [7, 11) is 3.39. The minimum atomic E-state index is -0.702. The standard InChI is InChI=1S/C24H29N3O3/c1-25-23(29)27(18-20-8-10-21(30-2)11-9-20)22(28)24(25)13-16-26(17-14-24)15-12-19-6-4-3-5-7-19/h3-11H,12-18H2,1-2H3. The summed E-state index contributed by atoms with van der Waals surface area (Å²) in [6, 6.07) is 17.8. The largest absolute Gasteiger partial charge is 0.497 e. The molecule has 0 aliphatic carbocycles. The lowest BCUT2D eigenvalue weighted by Gasteiger charge is -2.40. The van der Waals surface area contributed by atoms with Crippen LogP contribution in [0.25, 0.3) is 0 Å². The average molecular weight is 408 g/mol. The lowest BCUT2D eigenvalue weighted by molar-refractivity contribution is -0.135. The topological polar surface area (TPSA) is 53.1 Å². The molecule has 0 atom stereocenters. The van der Waals surface area contributed by atoms with Crippen LogP contribution in [-0.4, -0.2) is 66.0 Å². The molecule has 0 unspecified atom stereocenters. The zero-order valence-corrected chi connectivity index (χ0v) is 17.7. The van der Waals surface area contributed by atoms with Gasteiger partial charge in [-0.1, -0.05) is 42.5 Å². The van der Waals surface area contributed by atoms with E-state index in [1.807, 2.05) is 30.3 Å². The quantitative estimate of drug-likeness (QED) is 0.691. The fourth-order valence-corrected chi connectivity index (χ4v) is 4.53. The van der Waals surface area contributed by atoms with Gasteiger partial charge in [-0.05, 0) is 42.5 Å². The fraction of sp³-hybridized carbons (Fsp3) is 0.417. The predicted molar refractivity (Wildman–Crippen MR) is 115 cm³/mol. The Morgan fingerprint density at radius 3 is 2.23 bits per heavy atom. The van der Waals surface area contributed by atoms with Gasteiger partial charge in [-0.15, -0.1) is 0 Å². The van der Waals surface area contributed by atoms with Gasteiger partial charge in [-0.25, -0.2) is 4.79 Å². The monoisotopic (exact) mass is 407 g/mol. The molecule has 0 N–H and O–H groups in total. The first-order valence-electron chi connectivity index (χ1n) is 10.5.